The lowest BCUT2D eigenvalue weighted by Crippen LogP contribution is -2.13. The molecule has 0 heterocycles. The summed E-state index contributed by atoms with van der Waals surface area (Å²) in [5.41, 5.74) is 16.0. The summed E-state index contributed by atoms with van der Waals surface area (Å²) in [4.78, 5) is 45.9. The number of hydrogen-bond acceptors (Lipinski definition) is 6. The van der Waals surface area contributed by atoms with Crippen LogP contribution in [0.5, 0.6) is 0 Å². The van der Waals surface area contributed by atoms with Crippen molar-refractivity contribution >= 4 is 57.8 Å². The molecule has 0 spiro atoms. The second-order valence-corrected chi connectivity index (χ2v) is 8.60. The molecule has 0 bridgehead atoms. The number of anilines is 6. The Morgan fingerprint density at radius 2 is 0.800 bits per heavy atom. The van der Waals surface area contributed by atoms with Crippen LogP contribution in [0.4, 0.5) is 34.1 Å². The van der Waals surface area contributed by atoms with E-state index in [-0.39, 0.29) is 23.6 Å². The summed E-state index contributed by atoms with van der Waals surface area (Å²) in [6.45, 7) is 2.86. The predicted octanol–water partition coefficient (Wildman–Crippen LogP) is 4.96. The van der Waals surface area contributed by atoms with Crippen molar-refractivity contribution in [3.05, 3.63) is 108 Å². The number of nitrogen functional groups attached to an aromatic ring is 2. The quantitative estimate of drug-likeness (QED) is 0.190. The van der Waals surface area contributed by atoms with Crippen molar-refractivity contribution in [2.75, 3.05) is 32.7 Å². The topological polar surface area (TPSA) is 168 Å². The Morgan fingerprint density at radius 1 is 0.475 bits per heavy atom. The molecule has 0 aliphatic heterocycles. The van der Waals surface area contributed by atoms with E-state index in [9.17, 15) is 19.2 Å². The highest BCUT2D eigenvalue weighted by Crippen LogP contribution is 2.19. The summed E-state index contributed by atoms with van der Waals surface area (Å²) >= 11 is 0. The fraction of sp³-hybridized carbons (Fsp3) is 0.0667. The minimum atomic E-state index is -0.253. The Kier molecular flexibility index (Phi) is 9.96. The van der Waals surface area contributed by atoms with Gasteiger partial charge in [-0.1, -0.05) is 24.3 Å². The third kappa shape index (κ3) is 8.73. The molecule has 0 saturated carbocycles. The highest BCUT2D eigenvalue weighted by Gasteiger charge is 2.09. The summed E-state index contributed by atoms with van der Waals surface area (Å²) in [5, 5.41) is 10.7. The summed E-state index contributed by atoms with van der Waals surface area (Å²) in [6.07, 6.45) is 0. The molecule has 4 rings (SSSR count). The van der Waals surface area contributed by atoms with Crippen molar-refractivity contribution in [3.63, 3.8) is 0 Å². The first-order chi connectivity index (χ1) is 19.1. The Hall–Kier alpha value is -5.64. The Morgan fingerprint density at radius 3 is 1.10 bits per heavy atom. The van der Waals surface area contributed by atoms with E-state index in [1.807, 2.05) is 0 Å². The van der Waals surface area contributed by atoms with E-state index in [0.29, 0.717) is 45.3 Å². The highest BCUT2D eigenvalue weighted by atomic mass is 16.2. The third-order valence-electron chi connectivity index (χ3n) is 5.35. The number of nitrogens with two attached hydrogens (primary N) is 2. The first kappa shape index (κ1) is 28.9. The SMILES string of the molecule is CC(=O)Nc1ccc(C(=O)Nc2ccccc2N)cc1.CC(=O)Nc1ccc(C(=O)Nc2ccccc2N)cc1. The van der Waals surface area contributed by atoms with E-state index in [1.54, 1.807) is 97.1 Å². The molecule has 0 aliphatic carbocycles. The molecule has 8 N–H and O–H groups in total. The average molecular weight is 539 g/mol. The van der Waals surface area contributed by atoms with Crippen LogP contribution in [0.1, 0.15) is 34.6 Å². The fourth-order valence-corrected chi connectivity index (χ4v) is 3.43. The summed E-state index contributed by atoms with van der Waals surface area (Å²) in [5.74, 6) is -0.812. The summed E-state index contributed by atoms with van der Waals surface area (Å²) < 4.78 is 0. The number of nitrogens with one attached hydrogen (secondary N) is 4. The Balaban J connectivity index is 0.000000220. The number of amides is 4. The first-order valence-electron chi connectivity index (χ1n) is 12.2. The van der Waals surface area contributed by atoms with Crippen molar-refractivity contribution < 1.29 is 19.2 Å². The lowest BCUT2D eigenvalue weighted by atomic mass is 10.2. The van der Waals surface area contributed by atoms with E-state index in [4.69, 9.17) is 11.5 Å². The first-order valence-corrected chi connectivity index (χ1v) is 12.2. The molecule has 0 aliphatic rings. The lowest BCUT2D eigenvalue weighted by molar-refractivity contribution is -0.115. The van der Waals surface area contributed by atoms with Crippen LogP contribution >= 0.6 is 0 Å². The predicted molar refractivity (Wildman–Crippen MR) is 159 cm³/mol. The van der Waals surface area contributed by atoms with Gasteiger partial charge in [0.2, 0.25) is 11.8 Å². The Labute approximate surface area is 231 Å². The van der Waals surface area contributed by atoms with E-state index in [2.05, 4.69) is 21.3 Å². The average Bonchev–Trinajstić information content (AvgIpc) is 2.92. The van der Waals surface area contributed by atoms with Gasteiger partial charge in [0, 0.05) is 36.3 Å². The van der Waals surface area contributed by atoms with Gasteiger partial charge in [0.05, 0.1) is 22.7 Å². The van der Waals surface area contributed by atoms with Gasteiger partial charge < -0.3 is 32.7 Å². The van der Waals surface area contributed by atoms with Gasteiger partial charge in [-0.25, -0.2) is 0 Å². The molecule has 0 fully saturated rings. The standard InChI is InChI=1S/2C15H15N3O2/c2*1-10(19)17-12-8-6-11(7-9-12)15(20)18-14-5-3-2-4-13(14)16/h2*2-9H,16H2,1H3,(H,17,19)(H,18,20). The van der Waals surface area contributed by atoms with Crippen molar-refractivity contribution in [1.29, 1.82) is 0 Å². The molecule has 4 amide bonds. The molecule has 0 saturated heterocycles. The maximum absolute atomic E-state index is 12.0. The maximum atomic E-state index is 12.0. The largest absolute Gasteiger partial charge is 0.397 e. The van der Waals surface area contributed by atoms with Crippen molar-refractivity contribution in [2.45, 2.75) is 13.8 Å². The lowest BCUT2D eigenvalue weighted by Gasteiger charge is -2.08. The van der Waals surface area contributed by atoms with Gasteiger partial charge in [0.1, 0.15) is 0 Å². The Bertz CT molecular complexity index is 1390. The minimum absolute atomic E-state index is 0.153. The van der Waals surface area contributed by atoms with Gasteiger partial charge in [-0.15, -0.1) is 0 Å². The number of benzene rings is 4. The second-order valence-electron chi connectivity index (χ2n) is 8.60. The normalized spacial score (nSPS) is 9.85. The van der Waals surface area contributed by atoms with Gasteiger partial charge in [0.15, 0.2) is 0 Å². The number of rotatable bonds is 6. The number of para-hydroxylation sites is 4. The van der Waals surface area contributed by atoms with Crippen molar-refractivity contribution in [2.24, 2.45) is 0 Å². The second kappa shape index (κ2) is 13.8. The molecule has 204 valence electrons. The van der Waals surface area contributed by atoms with E-state index in [0.717, 1.165) is 0 Å². The summed E-state index contributed by atoms with van der Waals surface area (Å²) in [6, 6.07) is 27.3. The van der Waals surface area contributed by atoms with Gasteiger partial charge in [-0.05, 0) is 72.8 Å². The molecule has 10 heteroatoms. The smallest absolute Gasteiger partial charge is 0.255 e. The van der Waals surface area contributed by atoms with Crippen LogP contribution in [0.2, 0.25) is 0 Å². The van der Waals surface area contributed by atoms with Gasteiger partial charge in [-0.3, -0.25) is 19.2 Å². The fourth-order valence-electron chi connectivity index (χ4n) is 3.43. The van der Waals surface area contributed by atoms with E-state index >= 15 is 0 Å². The minimum Gasteiger partial charge on any atom is -0.397 e. The zero-order valence-corrected chi connectivity index (χ0v) is 22.0. The molecule has 4 aromatic rings. The van der Waals surface area contributed by atoms with Crippen LogP contribution in [0.25, 0.3) is 0 Å². The monoisotopic (exact) mass is 538 g/mol. The zero-order chi connectivity index (χ0) is 29.1. The van der Waals surface area contributed by atoms with Crippen LogP contribution in [0.15, 0.2) is 97.1 Å². The van der Waals surface area contributed by atoms with Crippen LogP contribution in [0, 0.1) is 0 Å². The van der Waals surface area contributed by atoms with Crippen LogP contribution in [-0.4, -0.2) is 23.6 Å². The number of carbonyl (C=O) groups is 4. The molecule has 0 aromatic heterocycles. The molecule has 0 atom stereocenters. The number of carbonyl (C=O) groups excluding carboxylic acids is 4. The van der Waals surface area contributed by atoms with Crippen LogP contribution < -0.4 is 32.7 Å². The van der Waals surface area contributed by atoms with Crippen molar-refractivity contribution in [3.8, 4) is 0 Å². The van der Waals surface area contributed by atoms with E-state index in [1.165, 1.54) is 13.8 Å². The van der Waals surface area contributed by atoms with Crippen molar-refractivity contribution in [1.82, 2.24) is 0 Å². The molecule has 0 unspecified atom stereocenters. The highest BCUT2D eigenvalue weighted by molar-refractivity contribution is 6.06. The molecule has 40 heavy (non-hydrogen) atoms. The van der Waals surface area contributed by atoms with Gasteiger partial charge in [-0.2, -0.15) is 0 Å². The molecule has 0 radical (unpaired) electrons. The molecule has 10 nitrogen and oxygen atoms in total. The van der Waals surface area contributed by atoms with E-state index < -0.39 is 0 Å². The molecular weight excluding hydrogens is 508 g/mol. The van der Waals surface area contributed by atoms with Crippen LogP contribution in [0.3, 0.4) is 0 Å². The van der Waals surface area contributed by atoms with Gasteiger partial charge in [0.25, 0.3) is 11.8 Å². The maximum Gasteiger partial charge on any atom is 0.255 e. The summed E-state index contributed by atoms with van der Waals surface area (Å²) in [7, 11) is 0. The number of hydrogen-bond donors (Lipinski definition) is 6. The zero-order valence-electron chi connectivity index (χ0n) is 22.0. The van der Waals surface area contributed by atoms with Crippen LogP contribution in [-0.2, 0) is 9.59 Å². The third-order valence-corrected chi connectivity index (χ3v) is 5.35. The molecular formula is C30H30N6O4. The molecule has 4 aromatic carbocycles. The van der Waals surface area contributed by atoms with Gasteiger partial charge >= 0.3 is 0 Å².